The second-order valence-corrected chi connectivity index (χ2v) is 10.00. The van der Waals surface area contributed by atoms with Crippen LogP contribution in [0.1, 0.15) is 37.8 Å². The summed E-state index contributed by atoms with van der Waals surface area (Å²) in [5.41, 5.74) is 1.36. The van der Waals surface area contributed by atoms with Gasteiger partial charge in [0.25, 0.3) is 0 Å². The van der Waals surface area contributed by atoms with E-state index in [-0.39, 0.29) is 30.4 Å². The predicted octanol–water partition coefficient (Wildman–Crippen LogP) is 3.96. The summed E-state index contributed by atoms with van der Waals surface area (Å²) in [4.78, 5) is 28.9. The highest BCUT2D eigenvalue weighted by molar-refractivity contribution is 6.31. The SMILES string of the molecule is CC(C)N(CC(=O)NC1CCNCC1)C1(Cc2cccc(Cl)c2)C(=O)Nc2cc(Cl)ccc21. The minimum atomic E-state index is -1.07. The standard InChI is InChI=1S/C25H30Cl2N4O2/c1-16(2)31(15-23(32)29-20-8-10-28-11-9-20)25(14-17-4-3-5-18(26)12-17)21-7-6-19(27)13-22(21)30-24(25)33/h3-7,12-13,16,20,28H,8-11,14-15H2,1-2H3,(H,29,32)(H,30,33). The van der Waals surface area contributed by atoms with Gasteiger partial charge in [-0.15, -0.1) is 0 Å². The molecule has 2 heterocycles. The Balaban J connectivity index is 1.72. The van der Waals surface area contributed by atoms with Crippen LogP contribution in [0.15, 0.2) is 42.5 Å². The number of halogens is 2. The molecule has 2 amide bonds. The molecule has 33 heavy (non-hydrogen) atoms. The van der Waals surface area contributed by atoms with Crippen molar-refractivity contribution in [3.05, 3.63) is 63.6 Å². The molecule has 1 unspecified atom stereocenters. The van der Waals surface area contributed by atoms with Crippen LogP contribution in [0, 0.1) is 0 Å². The Kier molecular flexibility index (Phi) is 7.29. The second-order valence-electron chi connectivity index (χ2n) is 9.12. The third-order valence-corrected chi connectivity index (χ3v) is 7.00. The lowest BCUT2D eigenvalue weighted by Gasteiger charge is -2.42. The summed E-state index contributed by atoms with van der Waals surface area (Å²) in [5, 5.41) is 10.7. The lowest BCUT2D eigenvalue weighted by molar-refractivity contribution is -0.134. The molecule has 0 saturated carbocycles. The molecule has 1 saturated heterocycles. The first-order valence-corrected chi connectivity index (χ1v) is 12.2. The van der Waals surface area contributed by atoms with Crippen molar-refractivity contribution in [3.63, 3.8) is 0 Å². The summed E-state index contributed by atoms with van der Waals surface area (Å²) in [6.45, 7) is 5.93. The fourth-order valence-electron chi connectivity index (χ4n) is 4.99. The molecule has 1 atom stereocenters. The summed E-state index contributed by atoms with van der Waals surface area (Å²) in [6, 6.07) is 13.1. The van der Waals surface area contributed by atoms with Gasteiger partial charge in [-0.3, -0.25) is 14.5 Å². The van der Waals surface area contributed by atoms with E-state index in [0.717, 1.165) is 37.1 Å². The highest BCUT2D eigenvalue weighted by Crippen LogP contribution is 2.45. The Morgan fingerprint density at radius 2 is 1.88 bits per heavy atom. The summed E-state index contributed by atoms with van der Waals surface area (Å²) in [7, 11) is 0. The van der Waals surface area contributed by atoms with Gasteiger partial charge in [0, 0.05) is 39.8 Å². The number of anilines is 1. The normalized spacial score (nSPS) is 20.7. The smallest absolute Gasteiger partial charge is 0.249 e. The lowest BCUT2D eigenvalue weighted by Crippen LogP contribution is -2.58. The molecule has 0 spiro atoms. The molecule has 2 aromatic rings. The zero-order valence-electron chi connectivity index (χ0n) is 19.0. The van der Waals surface area contributed by atoms with Crippen molar-refractivity contribution in [3.8, 4) is 0 Å². The number of benzene rings is 2. The molecule has 0 aliphatic carbocycles. The number of rotatable bonds is 7. The summed E-state index contributed by atoms with van der Waals surface area (Å²) < 4.78 is 0. The second kappa shape index (κ2) is 10.0. The first-order chi connectivity index (χ1) is 15.8. The molecular formula is C25H30Cl2N4O2. The number of nitrogens with one attached hydrogen (secondary N) is 3. The van der Waals surface area contributed by atoms with Gasteiger partial charge in [0.2, 0.25) is 11.8 Å². The average molecular weight is 489 g/mol. The van der Waals surface area contributed by atoms with Crippen LogP contribution in [-0.4, -0.2) is 48.4 Å². The molecule has 6 nitrogen and oxygen atoms in total. The first-order valence-electron chi connectivity index (χ1n) is 11.4. The highest BCUT2D eigenvalue weighted by Gasteiger charge is 2.52. The molecule has 1 fully saturated rings. The number of carbonyl (C=O) groups is 2. The Bertz CT molecular complexity index is 1040. The molecule has 8 heteroatoms. The van der Waals surface area contributed by atoms with Crippen molar-refractivity contribution in [1.29, 1.82) is 0 Å². The van der Waals surface area contributed by atoms with Crippen LogP contribution in [0.5, 0.6) is 0 Å². The van der Waals surface area contributed by atoms with Crippen molar-refractivity contribution in [2.24, 2.45) is 0 Å². The van der Waals surface area contributed by atoms with Gasteiger partial charge in [0.05, 0.1) is 6.54 Å². The van der Waals surface area contributed by atoms with E-state index in [4.69, 9.17) is 23.2 Å². The maximum Gasteiger partial charge on any atom is 0.249 e. The van der Waals surface area contributed by atoms with Gasteiger partial charge in [0.15, 0.2) is 0 Å². The monoisotopic (exact) mass is 488 g/mol. The average Bonchev–Trinajstić information content (AvgIpc) is 3.03. The van der Waals surface area contributed by atoms with Crippen molar-refractivity contribution >= 4 is 40.7 Å². The summed E-state index contributed by atoms with van der Waals surface area (Å²) in [5.74, 6) is -0.237. The Labute approximate surface area is 205 Å². The fourth-order valence-corrected chi connectivity index (χ4v) is 5.37. The first kappa shape index (κ1) is 24.0. The van der Waals surface area contributed by atoms with Gasteiger partial charge in [-0.25, -0.2) is 0 Å². The third kappa shape index (κ3) is 5.04. The van der Waals surface area contributed by atoms with Crippen molar-refractivity contribution < 1.29 is 9.59 Å². The van der Waals surface area contributed by atoms with Crippen LogP contribution in [-0.2, 0) is 21.5 Å². The molecule has 4 rings (SSSR count). The zero-order valence-corrected chi connectivity index (χ0v) is 20.5. The van der Waals surface area contributed by atoms with Crippen molar-refractivity contribution in [2.75, 3.05) is 25.0 Å². The van der Waals surface area contributed by atoms with Gasteiger partial charge in [-0.05, 0) is 69.6 Å². The van der Waals surface area contributed by atoms with E-state index >= 15 is 0 Å². The van der Waals surface area contributed by atoms with E-state index < -0.39 is 5.54 Å². The minimum absolute atomic E-state index is 0.0729. The van der Waals surface area contributed by atoms with Crippen LogP contribution in [0.25, 0.3) is 0 Å². The van der Waals surface area contributed by atoms with E-state index in [2.05, 4.69) is 16.0 Å². The van der Waals surface area contributed by atoms with Gasteiger partial charge in [0.1, 0.15) is 5.54 Å². The maximum absolute atomic E-state index is 13.7. The number of carbonyl (C=O) groups excluding carboxylic acids is 2. The summed E-state index contributed by atoms with van der Waals surface area (Å²) >= 11 is 12.5. The topological polar surface area (TPSA) is 73.5 Å². The van der Waals surface area contributed by atoms with Gasteiger partial charge in [-0.1, -0.05) is 41.4 Å². The molecule has 0 bridgehead atoms. The number of hydrogen-bond acceptors (Lipinski definition) is 4. The summed E-state index contributed by atoms with van der Waals surface area (Å²) in [6.07, 6.45) is 2.19. The third-order valence-electron chi connectivity index (χ3n) is 6.53. The Morgan fingerprint density at radius 3 is 2.58 bits per heavy atom. The number of hydrogen-bond donors (Lipinski definition) is 3. The molecular weight excluding hydrogens is 459 g/mol. The Hall–Kier alpha value is -2.12. The highest BCUT2D eigenvalue weighted by atomic mass is 35.5. The van der Waals surface area contributed by atoms with Crippen LogP contribution >= 0.6 is 23.2 Å². The molecule has 3 N–H and O–H groups in total. The van der Waals surface area contributed by atoms with Crippen molar-refractivity contribution in [1.82, 2.24) is 15.5 Å². The number of amides is 2. The zero-order chi connectivity index (χ0) is 23.6. The number of piperidine rings is 1. The van der Waals surface area contributed by atoms with E-state index in [1.165, 1.54) is 0 Å². The quantitative estimate of drug-likeness (QED) is 0.551. The number of fused-ring (bicyclic) bond motifs is 1. The molecule has 0 aromatic heterocycles. The largest absolute Gasteiger partial charge is 0.352 e. The van der Waals surface area contributed by atoms with E-state index in [9.17, 15) is 9.59 Å². The Morgan fingerprint density at radius 1 is 1.15 bits per heavy atom. The van der Waals surface area contributed by atoms with Gasteiger partial charge in [-0.2, -0.15) is 0 Å². The van der Waals surface area contributed by atoms with Crippen LogP contribution in [0.2, 0.25) is 10.0 Å². The molecule has 176 valence electrons. The van der Waals surface area contributed by atoms with Crippen molar-refractivity contribution in [2.45, 2.75) is 50.7 Å². The molecule has 2 aliphatic rings. The van der Waals surface area contributed by atoms with Crippen LogP contribution in [0.3, 0.4) is 0 Å². The maximum atomic E-state index is 13.7. The van der Waals surface area contributed by atoms with Crippen LogP contribution < -0.4 is 16.0 Å². The minimum Gasteiger partial charge on any atom is -0.352 e. The van der Waals surface area contributed by atoms with Crippen LogP contribution in [0.4, 0.5) is 5.69 Å². The van der Waals surface area contributed by atoms with E-state index in [0.29, 0.717) is 22.2 Å². The number of nitrogens with zero attached hydrogens (tertiary/aromatic N) is 1. The van der Waals surface area contributed by atoms with Gasteiger partial charge >= 0.3 is 0 Å². The molecule has 2 aromatic carbocycles. The van der Waals surface area contributed by atoms with Gasteiger partial charge < -0.3 is 16.0 Å². The predicted molar refractivity (Wildman–Crippen MR) is 133 cm³/mol. The van der Waals surface area contributed by atoms with E-state index in [1.54, 1.807) is 12.1 Å². The fraction of sp³-hybridized carbons (Fsp3) is 0.440. The van der Waals surface area contributed by atoms with E-state index in [1.807, 2.05) is 49.1 Å². The molecule has 0 radical (unpaired) electrons. The molecule has 2 aliphatic heterocycles. The lowest BCUT2D eigenvalue weighted by atomic mass is 9.82.